The second kappa shape index (κ2) is 12.7. The van der Waals surface area contributed by atoms with Crippen molar-refractivity contribution < 1.29 is 14.2 Å². The van der Waals surface area contributed by atoms with E-state index in [9.17, 15) is 0 Å². The van der Waals surface area contributed by atoms with Crippen LogP contribution in [0.2, 0.25) is 0 Å². The number of rotatable bonds is 11. The summed E-state index contributed by atoms with van der Waals surface area (Å²) in [7, 11) is 1.77. The molecule has 6 heteroatoms. The fourth-order valence-electron chi connectivity index (χ4n) is 2.57. The first-order chi connectivity index (χ1) is 12.4. The standard InChI is InChI=1S/C19H31N3O3/c1-20-19(21-9-5-11-23-15-18-8-12-24-16-18)22-10-13-25-14-17-6-3-2-4-7-17/h2-4,6-7,18H,5,8-16H2,1H3,(H2,20,21,22). The Kier molecular flexibility index (Phi) is 10.00. The van der Waals surface area contributed by atoms with E-state index in [0.29, 0.717) is 19.1 Å². The van der Waals surface area contributed by atoms with Crippen LogP contribution in [0.3, 0.4) is 0 Å². The molecule has 1 heterocycles. The van der Waals surface area contributed by atoms with Crippen LogP contribution in [-0.2, 0) is 20.8 Å². The number of hydrogen-bond donors (Lipinski definition) is 2. The third kappa shape index (κ3) is 8.86. The molecule has 1 aliphatic heterocycles. The molecule has 1 unspecified atom stereocenters. The van der Waals surface area contributed by atoms with E-state index in [2.05, 4.69) is 27.8 Å². The molecule has 0 bridgehead atoms. The predicted octanol–water partition coefficient (Wildman–Crippen LogP) is 1.81. The third-order valence-corrected chi connectivity index (χ3v) is 4.01. The molecule has 140 valence electrons. The van der Waals surface area contributed by atoms with E-state index < -0.39 is 0 Å². The predicted molar refractivity (Wildman–Crippen MR) is 99.8 cm³/mol. The first-order valence-corrected chi connectivity index (χ1v) is 9.10. The van der Waals surface area contributed by atoms with E-state index in [1.54, 1.807) is 7.05 Å². The third-order valence-electron chi connectivity index (χ3n) is 4.01. The van der Waals surface area contributed by atoms with Gasteiger partial charge in [-0.2, -0.15) is 0 Å². The van der Waals surface area contributed by atoms with Crippen LogP contribution in [0.25, 0.3) is 0 Å². The summed E-state index contributed by atoms with van der Waals surface area (Å²) in [5, 5.41) is 6.53. The topological polar surface area (TPSA) is 64.1 Å². The number of guanidine groups is 1. The second-order valence-electron chi connectivity index (χ2n) is 6.12. The van der Waals surface area contributed by atoms with Crippen molar-refractivity contribution in [2.45, 2.75) is 19.4 Å². The van der Waals surface area contributed by atoms with Crippen LogP contribution in [0.15, 0.2) is 35.3 Å². The Morgan fingerprint density at radius 2 is 2.00 bits per heavy atom. The van der Waals surface area contributed by atoms with Gasteiger partial charge in [0, 0.05) is 39.3 Å². The number of hydrogen-bond acceptors (Lipinski definition) is 4. The van der Waals surface area contributed by atoms with E-state index in [4.69, 9.17) is 14.2 Å². The smallest absolute Gasteiger partial charge is 0.191 e. The first-order valence-electron chi connectivity index (χ1n) is 9.10. The molecule has 1 atom stereocenters. The van der Waals surface area contributed by atoms with E-state index in [-0.39, 0.29) is 0 Å². The van der Waals surface area contributed by atoms with Gasteiger partial charge in [0.2, 0.25) is 0 Å². The lowest BCUT2D eigenvalue weighted by Crippen LogP contribution is -2.39. The molecule has 2 N–H and O–H groups in total. The van der Waals surface area contributed by atoms with Crippen LogP contribution in [0, 0.1) is 5.92 Å². The van der Waals surface area contributed by atoms with Crippen molar-refractivity contribution in [1.82, 2.24) is 10.6 Å². The van der Waals surface area contributed by atoms with E-state index in [1.165, 1.54) is 5.56 Å². The zero-order chi connectivity index (χ0) is 17.6. The highest BCUT2D eigenvalue weighted by molar-refractivity contribution is 5.79. The second-order valence-corrected chi connectivity index (χ2v) is 6.12. The average molecular weight is 349 g/mol. The average Bonchev–Trinajstić information content (AvgIpc) is 3.17. The number of benzene rings is 1. The van der Waals surface area contributed by atoms with Gasteiger partial charge in [0.1, 0.15) is 0 Å². The summed E-state index contributed by atoms with van der Waals surface area (Å²) in [6.45, 7) is 6.15. The van der Waals surface area contributed by atoms with Gasteiger partial charge in [0.15, 0.2) is 5.96 Å². The first kappa shape index (κ1) is 19.7. The molecule has 0 saturated carbocycles. The summed E-state index contributed by atoms with van der Waals surface area (Å²) in [4.78, 5) is 4.21. The Labute approximate surface area is 151 Å². The number of nitrogens with one attached hydrogen (secondary N) is 2. The summed E-state index contributed by atoms with van der Waals surface area (Å²) in [5.74, 6) is 1.38. The molecule has 1 aliphatic rings. The van der Waals surface area contributed by atoms with Crippen LogP contribution < -0.4 is 10.6 Å². The van der Waals surface area contributed by atoms with E-state index in [1.807, 2.05) is 18.2 Å². The van der Waals surface area contributed by atoms with E-state index in [0.717, 1.165) is 58.3 Å². The van der Waals surface area contributed by atoms with Gasteiger partial charge < -0.3 is 24.8 Å². The van der Waals surface area contributed by atoms with Crippen LogP contribution in [0.1, 0.15) is 18.4 Å². The Bertz CT molecular complexity index is 476. The molecule has 2 rings (SSSR count). The van der Waals surface area contributed by atoms with Gasteiger partial charge in [-0.25, -0.2) is 0 Å². The van der Waals surface area contributed by atoms with Gasteiger partial charge in [-0.3, -0.25) is 4.99 Å². The number of ether oxygens (including phenoxy) is 3. The minimum Gasteiger partial charge on any atom is -0.381 e. The molecule has 1 fully saturated rings. The highest BCUT2D eigenvalue weighted by Crippen LogP contribution is 2.12. The zero-order valence-electron chi connectivity index (χ0n) is 15.2. The van der Waals surface area contributed by atoms with Gasteiger partial charge in [-0.05, 0) is 18.4 Å². The summed E-state index contributed by atoms with van der Waals surface area (Å²) < 4.78 is 16.7. The monoisotopic (exact) mass is 349 g/mol. The number of nitrogens with zero attached hydrogens (tertiary/aromatic N) is 1. The van der Waals surface area contributed by atoms with Crippen LogP contribution in [0.5, 0.6) is 0 Å². The minimum absolute atomic E-state index is 0.582. The highest BCUT2D eigenvalue weighted by Gasteiger charge is 2.15. The Hall–Kier alpha value is -1.63. The van der Waals surface area contributed by atoms with Crippen molar-refractivity contribution in [3.05, 3.63) is 35.9 Å². The summed E-state index contributed by atoms with van der Waals surface area (Å²) >= 11 is 0. The van der Waals surface area contributed by atoms with E-state index >= 15 is 0 Å². The van der Waals surface area contributed by atoms with Gasteiger partial charge in [-0.15, -0.1) is 0 Å². The minimum atomic E-state index is 0.582. The van der Waals surface area contributed by atoms with Crippen molar-refractivity contribution >= 4 is 5.96 Å². The van der Waals surface area contributed by atoms with Crippen molar-refractivity contribution in [3.8, 4) is 0 Å². The SMILES string of the molecule is CN=C(NCCCOCC1CCOC1)NCCOCc1ccccc1. The summed E-state index contributed by atoms with van der Waals surface area (Å²) in [6, 6.07) is 10.2. The quantitative estimate of drug-likeness (QED) is 0.362. The maximum Gasteiger partial charge on any atom is 0.191 e. The fraction of sp³-hybridized carbons (Fsp3) is 0.632. The van der Waals surface area contributed by atoms with Gasteiger partial charge in [-0.1, -0.05) is 30.3 Å². The molecule has 1 aromatic rings. The van der Waals surface area contributed by atoms with Crippen LogP contribution in [0.4, 0.5) is 0 Å². The zero-order valence-corrected chi connectivity index (χ0v) is 15.2. The molecule has 6 nitrogen and oxygen atoms in total. The summed E-state index contributed by atoms with van der Waals surface area (Å²) in [6.07, 6.45) is 2.08. The van der Waals surface area contributed by atoms with Crippen molar-refractivity contribution in [1.29, 1.82) is 0 Å². The Morgan fingerprint density at radius 1 is 1.16 bits per heavy atom. The van der Waals surface area contributed by atoms with Crippen LogP contribution >= 0.6 is 0 Å². The Balaban J connectivity index is 1.42. The lowest BCUT2D eigenvalue weighted by Gasteiger charge is -2.13. The normalized spacial score (nSPS) is 17.6. The maximum absolute atomic E-state index is 5.69. The number of aliphatic imine (C=N–C) groups is 1. The molecule has 1 aromatic carbocycles. The lowest BCUT2D eigenvalue weighted by molar-refractivity contribution is 0.0887. The highest BCUT2D eigenvalue weighted by atomic mass is 16.5. The lowest BCUT2D eigenvalue weighted by atomic mass is 10.1. The molecular weight excluding hydrogens is 318 g/mol. The van der Waals surface area contributed by atoms with Gasteiger partial charge >= 0.3 is 0 Å². The molecule has 0 spiro atoms. The largest absolute Gasteiger partial charge is 0.381 e. The van der Waals surface area contributed by atoms with Crippen LogP contribution in [-0.4, -0.2) is 59.1 Å². The molecule has 0 amide bonds. The Morgan fingerprint density at radius 3 is 2.76 bits per heavy atom. The van der Waals surface area contributed by atoms with Crippen molar-refractivity contribution in [3.63, 3.8) is 0 Å². The summed E-state index contributed by atoms with van der Waals surface area (Å²) in [5.41, 5.74) is 1.19. The maximum atomic E-state index is 5.69. The molecule has 1 saturated heterocycles. The van der Waals surface area contributed by atoms with Gasteiger partial charge in [0.25, 0.3) is 0 Å². The fourth-order valence-corrected chi connectivity index (χ4v) is 2.57. The molecule has 0 radical (unpaired) electrons. The molecule has 25 heavy (non-hydrogen) atoms. The molecule has 0 aliphatic carbocycles. The molecule has 0 aromatic heterocycles. The molecular formula is C19H31N3O3. The van der Waals surface area contributed by atoms with Crippen molar-refractivity contribution in [2.75, 3.05) is 53.2 Å². The van der Waals surface area contributed by atoms with Gasteiger partial charge in [0.05, 0.1) is 26.4 Å². The van der Waals surface area contributed by atoms with Crippen molar-refractivity contribution in [2.24, 2.45) is 10.9 Å².